The van der Waals surface area contributed by atoms with Crippen molar-refractivity contribution < 1.29 is 23.9 Å². The molecule has 6 heteroatoms. The summed E-state index contributed by atoms with van der Waals surface area (Å²) in [6, 6.07) is 0.603. The average Bonchev–Trinajstić information content (AvgIpc) is 3.49. The summed E-state index contributed by atoms with van der Waals surface area (Å²) in [5.41, 5.74) is 1.58. The zero-order valence-corrected chi connectivity index (χ0v) is 24.5. The van der Waals surface area contributed by atoms with E-state index in [1.165, 1.54) is 44.2 Å². The molecule has 0 aromatic rings. The van der Waals surface area contributed by atoms with E-state index in [0.717, 1.165) is 63.1 Å². The van der Waals surface area contributed by atoms with Crippen LogP contribution in [0.15, 0.2) is 12.3 Å². The maximum absolute atomic E-state index is 12.5. The summed E-state index contributed by atoms with van der Waals surface area (Å²) in [5, 5.41) is 11.3. The number of esters is 1. The van der Waals surface area contributed by atoms with Gasteiger partial charge in [0, 0.05) is 57.7 Å². The highest BCUT2D eigenvalue weighted by atomic mass is 16.5. The monoisotopic (exact) mass is 529 g/mol. The van der Waals surface area contributed by atoms with E-state index in [2.05, 4.69) is 32.3 Å². The Morgan fingerprint density at radius 3 is 2.39 bits per heavy atom. The third-order valence-corrected chi connectivity index (χ3v) is 13.2. The van der Waals surface area contributed by atoms with Crippen LogP contribution >= 0.6 is 0 Å². The number of morpholine rings is 1. The van der Waals surface area contributed by atoms with Crippen LogP contribution in [0.4, 0.5) is 0 Å². The molecule has 4 aliphatic carbocycles. The third kappa shape index (κ3) is 4.06. The lowest BCUT2D eigenvalue weighted by Crippen LogP contribution is -2.61. The number of fused-ring (bicyclic) bond motifs is 5. The van der Waals surface area contributed by atoms with Gasteiger partial charge in [-0.3, -0.25) is 14.2 Å². The quantitative estimate of drug-likeness (QED) is 0.421. The zero-order valence-electron chi connectivity index (χ0n) is 24.5. The van der Waals surface area contributed by atoms with E-state index in [1.807, 2.05) is 0 Å². The van der Waals surface area contributed by atoms with Gasteiger partial charge >= 0.3 is 5.97 Å². The maximum Gasteiger partial charge on any atom is 0.303 e. The number of ether oxygens (including phenoxy) is 2. The number of carbonyl (C=O) groups is 1. The fourth-order valence-corrected chi connectivity index (χ4v) is 11.3. The van der Waals surface area contributed by atoms with E-state index in [4.69, 9.17) is 9.47 Å². The van der Waals surface area contributed by atoms with Crippen LogP contribution in [0.25, 0.3) is 0 Å². The van der Waals surface area contributed by atoms with Gasteiger partial charge in [0.2, 0.25) is 0 Å². The minimum absolute atomic E-state index is 0.0134. The normalized spacial score (nSPS) is 48.6. The third-order valence-electron chi connectivity index (χ3n) is 13.2. The van der Waals surface area contributed by atoms with Crippen LogP contribution in [-0.4, -0.2) is 84.1 Å². The van der Waals surface area contributed by atoms with Crippen LogP contribution in [0, 0.1) is 34.5 Å². The highest BCUT2D eigenvalue weighted by Crippen LogP contribution is 2.68. The highest BCUT2D eigenvalue weighted by Gasteiger charge is 2.68. The molecule has 6 rings (SSSR count). The van der Waals surface area contributed by atoms with Gasteiger partial charge in [0.25, 0.3) is 0 Å². The van der Waals surface area contributed by atoms with E-state index in [-0.39, 0.29) is 35.0 Å². The molecular weight excluding hydrogens is 476 g/mol. The summed E-state index contributed by atoms with van der Waals surface area (Å²) in [4.78, 5) is 15.0. The Kier molecular flexibility index (Phi) is 7.06. The molecule has 5 unspecified atom stereocenters. The van der Waals surface area contributed by atoms with Crippen molar-refractivity contribution in [1.82, 2.24) is 4.90 Å². The number of aliphatic hydroxyl groups excluding tert-OH is 1. The molecule has 0 amide bonds. The second-order valence-corrected chi connectivity index (χ2v) is 14.7. The Balaban J connectivity index is 1.31. The smallest absolute Gasteiger partial charge is 0.303 e. The fraction of sp³-hybridized carbons (Fsp3) is 0.906. The van der Waals surface area contributed by atoms with Crippen LogP contribution in [0.5, 0.6) is 0 Å². The van der Waals surface area contributed by atoms with E-state index in [0.29, 0.717) is 29.7 Å². The predicted molar refractivity (Wildman–Crippen MR) is 148 cm³/mol. The van der Waals surface area contributed by atoms with Crippen molar-refractivity contribution in [1.29, 1.82) is 0 Å². The second-order valence-electron chi connectivity index (χ2n) is 14.7. The topological polar surface area (TPSA) is 59.0 Å². The number of rotatable bonds is 4. The van der Waals surface area contributed by atoms with Crippen molar-refractivity contribution in [3.05, 3.63) is 12.3 Å². The first-order valence-corrected chi connectivity index (χ1v) is 15.8. The van der Waals surface area contributed by atoms with Gasteiger partial charge in [-0.1, -0.05) is 13.8 Å². The number of aliphatic hydroxyl groups is 1. The van der Waals surface area contributed by atoms with Crippen LogP contribution < -0.4 is 0 Å². The van der Waals surface area contributed by atoms with Crippen LogP contribution in [-0.2, 0) is 14.3 Å². The number of carbonyl (C=O) groups excluding carboxylic acids is 1. The number of hydrogen-bond acceptors (Lipinski definition) is 5. The standard InChI is InChI=1S/C32H53N2O4/c1-21(2)34(14-6-7-15-34)28-19-26-24-9-8-23-18-29(36)27(33-12-16-37-17-13-33)20-32(23,5)25(24)10-11-31(26,4)30(28)38-22(3)35/h23-30,36H,1,6-20H2,2-5H3/q+1/t23?,24?,25?,26?,27-,28?,29-,30-,31-,32-/m0/s1. The first-order chi connectivity index (χ1) is 18.1. The Morgan fingerprint density at radius 2 is 1.74 bits per heavy atom. The molecule has 38 heavy (non-hydrogen) atoms. The molecule has 214 valence electrons. The molecule has 2 aliphatic heterocycles. The van der Waals surface area contributed by atoms with Crippen molar-refractivity contribution in [3.63, 3.8) is 0 Å². The lowest BCUT2D eigenvalue weighted by molar-refractivity contribution is -0.907. The van der Waals surface area contributed by atoms with Gasteiger partial charge in [-0.15, -0.1) is 0 Å². The van der Waals surface area contributed by atoms with Gasteiger partial charge in [-0.2, -0.15) is 0 Å². The summed E-state index contributed by atoms with van der Waals surface area (Å²) >= 11 is 0. The van der Waals surface area contributed by atoms with Crippen molar-refractivity contribution in [3.8, 4) is 0 Å². The van der Waals surface area contributed by atoms with Gasteiger partial charge in [-0.05, 0) is 74.2 Å². The zero-order chi connectivity index (χ0) is 26.9. The molecule has 6 fully saturated rings. The summed E-state index contributed by atoms with van der Waals surface area (Å²) in [6.07, 6.45) is 10.4. The Hall–Kier alpha value is -0.950. The van der Waals surface area contributed by atoms with E-state index in [1.54, 1.807) is 6.92 Å². The van der Waals surface area contributed by atoms with Crippen molar-refractivity contribution in [2.75, 3.05) is 39.4 Å². The molecule has 10 atom stereocenters. The summed E-state index contributed by atoms with van der Waals surface area (Å²) in [7, 11) is 0. The molecule has 6 nitrogen and oxygen atoms in total. The Labute approximate surface area is 230 Å². The largest absolute Gasteiger partial charge is 0.456 e. The van der Waals surface area contributed by atoms with Gasteiger partial charge < -0.3 is 14.6 Å². The van der Waals surface area contributed by atoms with Crippen molar-refractivity contribution in [2.24, 2.45) is 34.5 Å². The van der Waals surface area contributed by atoms with E-state index < -0.39 is 0 Å². The molecule has 2 saturated heterocycles. The number of hydrogen-bond donors (Lipinski definition) is 1. The van der Waals surface area contributed by atoms with Crippen molar-refractivity contribution in [2.45, 2.75) is 110 Å². The molecule has 4 saturated carbocycles. The number of quaternary nitrogens is 1. The number of nitrogens with zero attached hydrogens (tertiary/aromatic N) is 2. The molecule has 2 heterocycles. The average molecular weight is 530 g/mol. The molecular formula is C32H53N2O4+. The van der Waals surface area contributed by atoms with Gasteiger partial charge in [-0.25, -0.2) is 0 Å². The summed E-state index contributed by atoms with van der Waals surface area (Å²) in [5.74, 6) is 2.48. The molecule has 6 aliphatic rings. The number of allylic oxidation sites excluding steroid dienone is 1. The van der Waals surface area contributed by atoms with Crippen LogP contribution in [0.1, 0.15) is 85.5 Å². The first kappa shape index (κ1) is 27.2. The Bertz CT molecular complexity index is 926. The predicted octanol–water partition coefficient (Wildman–Crippen LogP) is 4.76. The molecule has 0 radical (unpaired) electrons. The SMILES string of the molecule is C=C(C)[N+]1(C2CC3C4CCC5C[C@H](O)[C@@H](N6CCOCC6)C[C@]5(C)C4CC[C@]3(C)[C@H]2OC(C)=O)CCCC1. The van der Waals surface area contributed by atoms with E-state index >= 15 is 0 Å². The van der Waals surface area contributed by atoms with Gasteiger partial charge in [0.15, 0.2) is 6.10 Å². The second kappa shape index (κ2) is 9.85. The van der Waals surface area contributed by atoms with E-state index in [9.17, 15) is 9.90 Å². The molecule has 1 N–H and O–H groups in total. The first-order valence-electron chi connectivity index (χ1n) is 15.8. The molecule has 0 aromatic heterocycles. The maximum atomic E-state index is 12.5. The summed E-state index contributed by atoms with van der Waals surface area (Å²) in [6.45, 7) is 19.2. The molecule has 0 spiro atoms. The lowest BCUT2D eigenvalue weighted by atomic mass is 9.44. The van der Waals surface area contributed by atoms with Crippen molar-refractivity contribution >= 4 is 5.97 Å². The van der Waals surface area contributed by atoms with Crippen LogP contribution in [0.2, 0.25) is 0 Å². The molecule has 0 aromatic carbocycles. The fourth-order valence-electron chi connectivity index (χ4n) is 11.3. The van der Waals surface area contributed by atoms with Crippen LogP contribution in [0.3, 0.4) is 0 Å². The van der Waals surface area contributed by atoms with Gasteiger partial charge in [0.05, 0.1) is 38.1 Å². The lowest BCUT2D eigenvalue weighted by Gasteiger charge is -2.62. The minimum atomic E-state index is -0.212. The molecule has 0 bridgehead atoms. The highest BCUT2D eigenvalue weighted by molar-refractivity contribution is 5.66. The summed E-state index contributed by atoms with van der Waals surface area (Å²) < 4.78 is 13.0. The van der Waals surface area contributed by atoms with Gasteiger partial charge in [0.1, 0.15) is 6.04 Å². The minimum Gasteiger partial charge on any atom is -0.456 e. The Morgan fingerprint density at radius 1 is 1.03 bits per heavy atom. The number of likely N-dealkylation sites (tertiary alicyclic amines) is 1.